The first-order valence-electron chi connectivity index (χ1n) is 8.13. The van der Waals surface area contributed by atoms with E-state index in [1.807, 2.05) is 0 Å². The van der Waals surface area contributed by atoms with Crippen LogP contribution in [0.4, 0.5) is 0 Å². The zero-order chi connectivity index (χ0) is 13.8. The Kier molecular flexibility index (Phi) is 4.41. The van der Waals surface area contributed by atoms with E-state index >= 15 is 0 Å². The number of fused-ring (bicyclic) bond motifs is 1. The van der Waals surface area contributed by atoms with Crippen molar-refractivity contribution in [2.75, 3.05) is 19.6 Å². The fourth-order valence-corrected chi connectivity index (χ4v) is 3.49. The predicted octanol–water partition coefficient (Wildman–Crippen LogP) is 4.15. The number of benzene rings is 1. The van der Waals surface area contributed by atoms with Crippen LogP contribution in [0.3, 0.4) is 0 Å². The molecule has 0 unspecified atom stereocenters. The average molecular weight is 270 g/mol. The lowest BCUT2D eigenvalue weighted by atomic mass is 9.92. The van der Waals surface area contributed by atoms with Crippen LogP contribution in [-0.4, -0.2) is 29.1 Å². The van der Waals surface area contributed by atoms with Crippen LogP contribution in [0.15, 0.2) is 36.5 Å². The van der Waals surface area contributed by atoms with Gasteiger partial charge in [0.1, 0.15) is 0 Å². The maximum atomic E-state index is 2.64. The van der Waals surface area contributed by atoms with Gasteiger partial charge in [-0.2, -0.15) is 0 Å². The third-order valence-electron chi connectivity index (χ3n) is 4.74. The van der Waals surface area contributed by atoms with Crippen LogP contribution >= 0.6 is 0 Å². The maximum absolute atomic E-state index is 2.64. The van der Waals surface area contributed by atoms with Gasteiger partial charge in [0, 0.05) is 24.8 Å². The number of hydrogen-bond donors (Lipinski definition) is 0. The summed E-state index contributed by atoms with van der Waals surface area (Å²) in [6.07, 6.45) is 7.81. The van der Waals surface area contributed by atoms with E-state index in [0.717, 1.165) is 12.5 Å². The topological polar surface area (TPSA) is 8.17 Å². The normalized spacial score (nSPS) is 17.9. The van der Waals surface area contributed by atoms with Crippen LogP contribution in [-0.2, 0) is 6.54 Å². The molecule has 0 N–H and O–H groups in total. The first-order valence-corrected chi connectivity index (χ1v) is 8.13. The lowest BCUT2D eigenvalue weighted by Gasteiger charge is -2.32. The molecule has 1 aromatic heterocycles. The second-order valence-electron chi connectivity index (χ2n) is 6.14. The number of likely N-dealkylation sites (tertiary alicyclic amines) is 1. The molecule has 3 rings (SSSR count). The van der Waals surface area contributed by atoms with Gasteiger partial charge in [-0.15, -0.1) is 0 Å². The quantitative estimate of drug-likeness (QED) is 0.792. The van der Waals surface area contributed by atoms with E-state index in [-0.39, 0.29) is 0 Å². The van der Waals surface area contributed by atoms with Gasteiger partial charge in [-0.25, -0.2) is 0 Å². The molecular weight excluding hydrogens is 244 g/mol. The van der Waals surface area contributed by atoms with E-state index in [0.29, 0.717) is 0 Å². The number of hydrogen-bond acceptors (Lipinski definition) is 1. The van der Waals surface area contributed by atoms with Gasteiger partial charge in [-0.1, -0.05) is 38.0 Å². The van der Waals surface area contributed by atoms with Crippen LogP contribution in [0.2, 0.25) is 0 Å². The Hall–Kier alpha value is -1.28. The summed E-state index contributed by atoms with van der Waals surface area (Å²) in [6, 6.07) is 10.9. The summed E-state index contributed by atoms with van der Waals surface area (Å²) in [6.45, 7) is 7.21. The molecule has 2 aromatic rings. The van der Waals surface area contributed by atoms with Gasteiger partial charge in [0.05, 0.1) is 0 Å². The molecular formula is C18H26N2. The molecule has 0 aliphatic carbocycles. The van der Waals surface area contributed by atoms with Crippen molar-refractivity contribution in [2.45, 2.75) is 39.2 Å². The first kappa shape index (κ1) is 13.7. The Morgan fingerprint density at radius 1 is 1.05 bits per heavy atom. The fourth-order valence-electron chi connectivity index (χ4n) is 3.49. The fraction of sp³-hybridized carbons (Fsp3) is 0.556. The van der Waals surface area contributed by atoms with Crippen molar-refractivity contribution in [2.24, 2.45) is 5.92 Å². The molecule has 1 aromatic carbocycles. The summed E-state index contributed by atoms with van der Waals surface area (Å²) in [7, 11) is 0. The lowest BCUT2D eigenvalue weighted by Crippen LogP contribution is -2.35. The number of rotatable bonds is 5. The summed E-state index contributed by atoms with van der Waals surface area (Å²) in [5.74, 6) is 0.989. The second-order valence-corrected chi connectivity index (χ2v) is 6.14. The van der Waals surface area contributed by atoms with Crippen molar-refractivity contribution < 1.29 is 0 Å². The zero-order valence-electron chi connectivity index (χ0n) is 12.6. The SMILES string of the molecule is CCCC1CCN(CCn2ccc3ccccc32)CC1. The highest BCUT2D eigenvalue weighted by atomic mass is 15.1. The maximum Gasteiger partial charge on any atom is 0.0480 e. The minimum Gasteiger partial charge on any atom is -0.346 e. The molecule has 0 spiro atoms. The van der Waals surface area contributed by atoms with Crippen LogP contribution in [0.5, 0.6) is 0 Å². The first-order chi connectivity index (χ1) is 9.86. The van der Waals surface area contributed by atoms with Gasteiger partial charge in [0.25, 0.3) is 0 Å². The van der Waals surface area contributed by atoms with Crippen LogP contribution in [0.1, 0.15) is 32.6 Å². The summed E-state index contributed by atoms with van der Waals surface area (Å²) in [4.78, 5) is 2.64. The van der Waals surface area contributed by atoms with Gasteiger partial charge < -0.3 is 9.47 Å². The van der Waals surface area contributed by atoms with Crippen molar-refractivity contribution in [1.82, 2.24) is 9.47 Å². The average Bonchev–Trinajstić information content (AvgIpc) is 2.90. The van der Waals surface area contributed by atoms with E-state index < -0.39 is 0 Å². The Morgan fingerprint density at radius 2 is 1.85 bits per heavy atom. The molecule has 1 fully saturated rings. The molecule has 2 heterocycles. The summed E-state index contributed by atoms with van der Waals surface area (Å²) >= 11 is 0. The Bertz CT molecular complexity index is 535. The number of aromatic nitrogens is 1. The molecule has 1 aliphatic heterocycles. The standard InChI is InChI=1S/C18H26N2/c1-2-5-16-8-11-19(12-9-16)14-15-20-13-10-17-6-3-4-7-18(17)20/h3-4,6-7,10,13,16H,2,5,8-9,11-12,14-15H2,1H3. The molecule has 20 heavy (non-hydrogen) atoms. The monoisotopic (exact) mass is 270 g/mol. The Balaban J connectivity index is 1.53. The number of piperidine rings is 1. The minimum atomic E-state index is 0.989. The Morgan fingerprint density at radius 3 is 2.65 bits per heavy atom. The van der Waals surface area contributed by atoms with Crippen LogP contribution in [0.25, 0.3) is 10.9 Å². The molecule has 108 valence electrons. The smallest absolute Gasteiger partial charge is 0.0480 e. The predicted molar refractivity (Wildman–Crippen MR) is 86.0 cm³/mol. The molecule has 0 saturated carbocycles. The van der Waals surface area contributed by atoms with Gasteiger partial charge in [0.2, 0.25) is 0 Å². The summed E-state index contributed by atoms with van der Waals surface area (Å²) in [5.41, 5.74) is 1.37. The molecule has 2 heteroatoms. The van der Waals surface area contributed by atoms with E-state index in [9.17, 15) is 0 Å². The molecule has 0 amide bonds. The molecule has 2 nitrogen and oxygen atoms in total. The van der Waals surface area contributed by atoms with E-state index in [2.05, 4.69) is 52.9 Å². The highest BCUT2D eigenvalue weighted by molar-refractivity contribution is 5.79. The summed E-state index contributed by atoms with van der Waals surface area (Å²) < 4.78 is 2.40. The van der Waals surface area contributed by atoms with Crippen molar-refractivity contribution in [3.8, 4) is 0 Å². The van der Waals surface area contributed by atoms with Gasteiger partial charge >= 0.3 is 0 Å². The molecule has 1 saturated heterocycles. The summed E-state index contributed by atoms with van der Waals surface area (Å²) in [5, 5.41) is 1.36. The van der Waals surface area contributed by atoms with Crippen LogP contribution in [0, 0.1) is 5.92 Å². The van der Waals surface area contributed by atoms with E-state index in [1.165, 1.54) is 56.2 Å². The van der Waals surface area contributed by atoms with Crippen molar-refractivity contribution in [3.05, 3.63) is 36.5 Å². The van der Waals surface area contributed by atoms with E-state index in [1.54, 1.807) is 0 Å². The van der Waals surface area contributed by atoms with Gasteiger partial charge in [-0.3, -0.25) is 0 Å². The van der Waals surface area contributed by atoms with Gasteiger partial charge in [0.15, 0.2) is 0 Å². The third-order valence-corrected chi connectivity index (χ3v) is 4.74. The second kappa shape index (κ2) is 6.45. The molecule has 1 aliphatic rings. The van der Waals surface area contributed by atoms with Gasteiger partial charge in [-0.05, 0) is 49.4 Å². The Labute approximate surface area is 122 Å². The van der Waals surface area contributed by atoms with Crippen molar-refractivity contribution in [1.29, 1.82) is 0 Å². The van der Waals surface area contributed by atoms with Crippen molar-refractivity contribution in [3.63, 3.8) is 0 Å². The molecule has 0 radical (unpaired) electrons. The largest absolute Gasteiger partial charge is 0.346 e. The van der Waals surface area contributed by atoms with E-state index in [4.69, 9.17) is 0 Å². The lowest BCUT2D eigenvalue weighted by molar-refractivity contribution is 0.174. The zero-order valence-corrected chi connectivity index (χ0v) is 12.6. The highest BCUT2D eigenvalue weighted by Gasteiger charge is 2.18. The van der Waals surface area contributed by atoms with Crippen molar-refractivity contribution >= 4 is 10.9 Å². The third kappa shape index (κ3) is 3.06. The highest BCUT2D eigenvalue weighted by Crippen LogP contribution is 2.22. The number of para-hydroxylation sites is 1. The number of nitrogens with zero attached hydrogens (tertiary/aromatic N) is 2. The minimum absolute atomic E-state index is 0.989. The van der Waals surface area contributed by atoms with Crippen LogP contribution < -0.4 is 0 Å². The molecule has 0 atom stereocenters. The molecule has 0 bridgehead atoms.